The van der Waals surface area contributed by atoms with Crippen LogP contribution in [-0.4, -0.2) is 24.3 Å². The zero-order valence-corrected chi connectivity index (χ0v) is 7.57. The minimum Gasteiger partial charge on any atom is -0.486 e. The van der Waals surface area contributed by atoms with Crippen LogP contribution in [0, 0.1) is 5.95 Å². The number of nitrogens with two attached hydrogens (primary N) is 1. The van der Waals surface area contributed by atoms with E-state index < -0.39 is 5.95 Å². The van der Waals surface area contributed by atoms with Crippen molar-refractivity contribution in [3.05, 3.63) is 18.2 Å². The Labute approximate surface area is 80.8 Å². The Morgan fingerprint density at radius 2 is 2.50 bits per heavy atom. The minimum absolute atomic E-state index is 0.0286. The highest BCUT2D eigenvalue weighted by molar-refractivity contribution is 5.49. The van der Waals surface area contributed by atoms with Crippen LogP contribution in [0.3, 0.4) is 0 Å². The van der Waals surface area contributed by atoms with Crippen LogP contribution in [0.1, 0.15) is 6.42 Å². The lowest BCUT2D eigenvalue weighted by Gasteiger charge is -2.12. The summed E-state index contributed by atoms with van der Waals surface area (Å²) in [5.74, 6) is -0.249. The molecular formula is C9H11FN2O2. The fourth-order valence-electron chi connectivity index (χ4n) is 1.31. The van der Waals surface area contributed by atoms with Crippen LogP contribution in [0.25, 0.3) is 0 Å². The Hall–Kier alpha value is -1.36. The number of ether oxygens (including phenoxy) is 2. The van der Waals surface area contributed by atoms with Gasteiger partial charge in [-0.15, -0.1) is 0 Å². The number of pyridine rings is 1. The van der Waals surface area contributed by atoms with E-state index in [-0.39, 0.29) is 6.10 Å². The molecule has 0 aromatic carbocycles. The zero-order chi connectivity index (χ0) is 9.97. The van der Waals surface area contributed by atoms with Gasteiger partial charge in [0.25, 0.3) is 0 Å². The molecule has 0 radical (unpaired) electrons. The van der Waals surface area contributed by atoms with Crippen molar-refractivity contribution in [2.75, 3.05) is 18.9 Å². The second-order valence-electron chi connectivity index (χ2n) is 3.15. The van der Waals surface area contributed by atoms with E-state index in [1.807, 2.05) is 0 Å². The van der Waals surface area contributed by atoms with Gasteiger partial charge in [-0.1, -0.05) is 0 Å². The largest absolute Gasteiger partial charge is 0.486 e. The highest BCUT2D eigenvalue weighted by Crippen LogP contribution is 2.23. The first-order valence-corrected chi connectivity index (χ1v) is 4.41. The van der Waals surface area contributed by atoms with Gasteiger partial charge >= 0.3 is 0 Å². The molecule has 2 heterocycles. The van der Waals surface area contributed by atoms with Crippen molar-refractivity contribution in [1.82, 2.24) is 4.98 Å². The van der Waals surface area contributed by atoms with Gasteiger partial charge in [-0.3, -0.25) is 0 Å². The first-order chi connectivity index (χ1) is 6.75. The number of nitrogens with zero attached hydrogens (tertiary/aromatic N) is 1. The van der Waals surface area contributed by atoms with Crippen molar-refractivity contribution in [1.29, 1.82) is 0 Å². The summed E-state index contributed by atoms with van der Waals surface area (Å²) in [5.41, 5.74) is 5.92. The van der Waals surface area contributed by atoms with E-state index in [4.69, 9.17) is 15.2 Å². The molecule has 2 rings (SSSR count). The third-order valence-corrected chi connectivity index (χ3v) is 2.04. The van der Waals surface area contributed by atoms with Crippen LogP contribution in [0.5, 0.6) is 5.75 Å². The van der Waals surface area contributed by atoms with Crippen molar-refractivity contribution in [2.45, 2.75) is 12.5 Å². The fraction of sp³-hybridized carbons (Fsp3) is 0.444. The summed E-state index contributed by atoms with van der Waals surface area (Å²) in [5, 5.41) is 0. The maximum atomic E-state index is 12.7. The van der Waals surface area contributed by atoms with Crippen LogP contribution in [-0.2, 0) is 4.74 Å². The van der Waals surface area contributed by atoms with E-state index in [2.05, 4.69) is 4.98 Å². The second-order valence-corrected chi connectivity index (χ2v) is 3.15. The van der Waals surface area contributed by atoms with E-state index in [9.17, 15) is 4.39 Å². The van der Waals surface area contributed by atoms with Gasteiger partial charge in [0.15, 0.2) is 0 Å². The van der Waals surface area contributed by atoms with E-state index in [0.717, 1.165) is 6.42 Å². The molecular weight excluding hydrogens is 187 g/mol. The van der Waals surface area contributed by atoms with E-state index >= 15 is 0 Å². The van der Waals surface area contributed by atoms with E-state index in [1.54, 1.807) is 0 Å². The van der Waals surface area contributed by atoms with Gasteiger partial charge in [0.1, 0.15) is 11.9 Å². The third kappa shape index (κ3) is 1.93. The number of hydrogen-bond acceptors (Lipinski definition) is 4. The maximum absolute atomic E-state index is 12.7. The van der Waals surface area contributed by atoms with Crippen molar-refractivity contribution in [3.63, 3.8) is 0 Å². The predicted octanol–water partition coefficient (Wildman–Crippen LogP) is 0.971. The monoisotopic (exact) mass is 198 g/mol. The molecule has 0 saturated carbocycles. The zero-order valence-electron chi connectivity index (χ0n) is 7.57. The molecule has 4 nitrogen and oxygen atoms in total. The number of rotatable bonds is 2. The quantitative estimate of drug-likeness (QED) is 0.719. The van der Waals surface area contributed by atoms with Crippen molar-refractivity contribution in [2.24, 2.45) is 0 Å². The second kappa shape index (κ2) is 3.79. The molecule has 1 fully saturated rings. The fourth-order valence-corrected chi connectivity index (χ4v) is 1.31. The molecule has 0 unspecified atom stereocenters. The molecule has 0 aliphatic carbocycles. The molecule has 14 heavy (non-hydrogen) atoms. The Kier molecular flexibility index (Phi) is 2.49. The SMILES string of the molecule is Nc1cnc(F)cc1O[C@H]1CCOC1. The number of hydrogen-bond donors (Lipinski definition) is 1. The van der Waals surface area contributed by atoms with Crippen LogP contribution < -0.4 is 10.5 Å². The maximum Gasteiger partial charge on any atom is 0.216 e. The Morgan fingerprint density at radius 3 is 3.21 bits per heavy atom. The van der Waals surface area contributed by atoms with E-state index in [1.165, 1.54) is 12.3 Å². The molecule has 1 aliphatic rings. The van der Waals surface area contributed by atoms with Crippen molar-refractivity contribution in [3.8, 4) is 5.75 Å². The average molecular weight is 198 g/mol. The summed E-state index contributed by atoms with van der Waals surface area (Å²) < 4.78 is 23.3. The van der Waals surface area contributed by atoms with Crippen LogP contribution in [0.2, 0.25) is 0 Å². The van der Waals surface area contributed by atoms with Crippen molar-refractivity contribution >= 4 is 5.69 Å². The molecule has 1 aromatic heterocycles. The number of nitrogen functional groups attached to an aromatic ring is 1. The van der Waals surface area contributed by atoms with Crippen LogP contribution >= 0.6 is 0 Å². The summed E-state index contributed by atoms with van der Waals surface area (Å²) in [7, 11) is 0. The molecule has 0 spiro atoms. The lowest BCUT2D eigenvalue weighted by Crippen LogP contribution is -2.16. The van der Waals surface area contributed by atoms with Gasteiger partial charge < -0.3 is 15.2 Å². The standard InChI is InChI=1S/C9H11FN2O2/c10-9-3-8(7(11)4-12-9)14-6-1-2-13-5-6/h3-4,6H,1-2,5,11H2/t6-/m0/s1. The van der Waals surface area contributed by atoms with Crippen LogP contribution in [0.15, 0.2) is 12.3 Å². The Bertz CT molecular complexity index is 327. The van der Waals surface area contributed by atoms with Crippen molar-refractivity contribution < 1.29 is 13.9 Å². The summed E-state index contributed by atoms with van der Waals surface area (Å²) in [4.78, 5) is 3.41. The topological polar surface area (TPSA) is 57.4 Å². The van der Waals surface area contributed by atoms with Gasteiger partial charge in [0, 0.05) is 12.5 Å². The Balaban J connectivity index is 2.10. The number of anilines is 1. The van der Waals surface area contributed by atoms with Gasteiger partial charge in [-0.2, -0.15) is 4.39 Å². The van der Waals surface area contributed by atoms with Gasteiger partial charge in [-0.05, 0) is 0 Å². The molecule has 0 bridgehead atoms. The van der Waals surface area contributed by atoms with E-state index in [0.29, 0.717) is 24.7 Å². The molecule has 1 aromatic rings. The van der Waals surface area contributed by atoms with Crippen LogP contribution in [0.4, 0.5) is 10.1 Å². The molecule has 76 valence electrons. The average Bonchev–Trinajstić information content (AvgIpc) is 2.64. The molecule has 0 amide bonds. The smallest absolute Gasteiger partial charge is 0.216 e. The summed E-state index contributed by atoms with van der Waals surface area (Å²) in [6.45, 7) is 1.21. The summed E-state index contributed by atoms with van der Waals surface area (Å²) >= 11 is 0. The number of halogens is 1. The predicted molar refractivity (Wildman–Crippen MR) is 48.5 cm³/mol. The lowest BCUT2D eigenvalue weighted by atomic mass is 10.3. The number of aromatic nitrogens is 1. The molecule has 1 saturated heterocycles. The summed E-state index contributed by atoms with van der Waals surface area (Å²) in [6.07, 6.45) is 2.03. The van der Waals surface area contributed by atoms with Gasteiger partial charge in [-0.25, -0.2) is 4.98 Å². The first-order valence-electron chi connectivity index (χ1n) is 4.41. The van der Waals surface area contributed by atoms with Gasteiger partial charge in [0.2, 0.25) is 5.95 Å². The third-order valence-electron chi connectivity index (χ3n) is 2.04. The Morgan fingerprint density at radius 1 is 1.64 bits per heavy atom. The highest BCUT2D eigenvalue weighted by atomic mass is 19.1. The lowest BCUT2D eigenvalue weighted by molar-refractivity contribution is 0.141. The molecule has 5 heteroatoms. The normalized spacial score (nSPS) is 21.1. The molecule has 2 N–H and O–H groups in total. The molecule has 1 aliphatic heterocycles. The minimum atomic E-state index is -0.590. The first kappa shape index (κ1) is 9.21. The summed E-state index contributed by atoms with van der Waals surface area (Å²) in [6, 6.07) is 1.19. The van der Waals surface area contributed by atoms with Gasteiger partial charge in [0.05, 0.1) is 25.1 Å². The molecule has 1 atom stereocenters. The highest BCUT2D eigenvalue weighted by Gasteiger charge is 2.18.